The topological polar surface area (TPSA) is 76.0 Å². The maximum Gasteiger partial charge on any atom is 0.370 e. The van der Waals surface area contributed by atoms with Crippen LogP contribution in [0.25, 0.3) is 0 Å². The monoisotopic (exact) mass is 320 g/mol. The Hall–Kier alpha value is -1.85. The van der Waals surface area contributed by atoms with E-state index in [9.17, 15) is 9.90 Å². The second kappa shape index (κ2) is 7.15. The molecule has 0 bridgehead atoms. The van der Waals surface area contributed by atoms with Crippen molar-refractivity contribution in [3.05, 3.63) is 47.2 Å². The number of hydrogen-bond donors (Lipinski definition) is 2. The molecule has 2 N–H and O–H groups in total. The van der Waals surface area contributed by atoms with Gasteiger partial charge in [0.15, 0.2) is 0 Å². The third kappa shape index (κ3) is 4.81. The summed E-state index contributed by atoms with van der Waals surface area (Å²) in [5, 5.41) is 18.2. The van der Waals surface area contributed by atoms with Crippen LogP contribution in [-0.4, -0.2) is 22.5 Å². The van der Waals surface area contributed by atoms with Crippen LogP contribution in [0.2, 0.25) is 0 Å². The van der Waals surface area contributed by atoms with E-state index in [1.807, 2.05) is 24.3 Å². The van der Waals surface area contributed by atoms with Crippen LogP contribution in [0.3, 0.4) is 0 Å². The molecule has 0 radical (unpaired) electrons. The Morgan fingerprint density at radius 1 is 1.26 bits per heavy atom. The molecular weight excluding hydrogens is 296 g/mol. The standard InChI is InChI=1S/C18H24O5/c1-18(2,3)14-8-15(17(20)21)23-16(9-14)22-11-13-6-4-12(10-19)5-7-13/h4-8,14,16,19H,9-11H2,1-3H3,(H,20,21)/t14-,16+/m1/s1. The maximum absolute atomic E-state index is 11.2. The molecule has 0 saturated heterocycles. The van der Waals surface area contributed by atoms with E-state index in [0.29, 0.717) is 13.0 Å². The van der Waals surface area contributed by atoms with E-state index in [4.69, 9.17) is 14.6 Å². The molecule has 1 aromatic rings. The summed E-state index contributed by atoms with van der Waals surface area (Å²) in [7, 11) is 0. The first-order valence-corrected chi connectivity index (χ1v) is 7.71. The van der Waals surface area contributed by atoms with Crippen molar-refractivity contribution in [3.63, 3.8) is 0 Å². The number of aliphatic hydroxyl groups excluding tert-OH is 1. The lowest BCUT2D eigenvalue weighted by molar-refractivity contribution is -0.165. The first-order chi connectivity index (χ1) is 10.8. The van der Waals surface area contributed by atoms with Gasteiger partial charge in [-0.05, 0) is 28.5 Å². The van der Waals surface area contributed by atoms with Crippen LogP contribution >= 0.6 is 0 Å². The lowest BCUT2D eigenvalue weighted by atomic mass is 9.77. The Morgan fingerprint density at radius 3 is 2.39 bits per heavy atom. The van der Waals surface area contributed by atoms with E-state index < -0.39 is 12.3 Å². The summed E-state index contributed by atoms with van der Waals surface area (Å²) in [6.07, 6.45) is 1.72. The van der Waals surface area contributed by atoms with E-state index in [1.54, 1.807) is 6.08 Å². The molecule has 5 heteroatoms. The normalized spacial score (nSPS) is 21.5. The fourth-order valence-corrected chi connectivity index (χ4v) is 2.44. The highest BCUT2D eigenvalue weighted by Crippen LogP contribution is 2.36. The number of ether oxygens (including phenoxy) is 2. The van der Waals surface area contributed by atoms with Gasteiger partial charge in [0, 0.05) is 6.42 Å². The van der Waals surface area contributed by atoms with Gasteiger partial charge in [0.2, 0.25) is 12.0 Å². The predicted molar refractivity (Wildman–Crippen MR) is 85.3 cm³/mol. The average molecular weight is 320 g/mol. The summed E-state index contributed by atoms with van der Waals surface area (Å²) >= 11 is 0. The third-order valence-corrected chi connectivity index (χ3v) is 4.02. The molecule has 2 rings (SSSR count). The number of rotatable bonds is 5. The van der Waals surface area contributed by atoms with Gasteiger partial charge in [-0.25, -0.2) is 4.79 Å². The van der Waals surface area contributed by atoms with Gasteiger partial charge < -0.3 is 19.7 Å². The third-order valence-electron chi connectivity index (χ3n) is 4.02. The Labute approximate surface area is 136 Å². The Morgan fingerprint density at radius 2 is 1.87 bits per heavy atom. The summed E-state index contributed by atoms with van der Waals surface area (Å²) < 4.78 is 11.2. The molecule has 0 fully saturated rings. The van der Waals surface area contributed by atoms with Gasteiger partial charge in [-0.1, -0.05) is 45.0 Å². The molecule has 0 aliphatic carbocycles. The molecule has 0 unspecified atom stereocenters. The number of aliphatic carboxylic acids is 1. The largest absolute Gasteiger partial charge is 0.475 e. The number of hydrogen-bond acceptors (Lipinski definition) is 4. The van der Waals surface area contributed by atoms with Crippen molar-refractivity contribution in [2.45, 2.75) is 46.7 Å². The van der Waals surface area contributed by atoms with Gasteiger partial charge in [0.25, 0.3) is 0 Å². The van der Waals surface area contributed by atoms with Gasteiger partial charge >= 0.3 is 5.97 Å². The van der Waals surface area contributed by atoms with Crippen LogP contribution in [0, 0.1) is 11.3 Å². The fraction of sp³-hybridized carbons (Fsp3) is 0.500. The highest BCUT2D eigenvalue weighted by molar-refractivity contribution is 5.84. The Balaban J connectivity index is 2.02. The van der Waals surface area contributed by atoms with Crippen molar-refractivity contribution in [1.29, 1.82) is 0 Å². The smallest absolute Gasteiger partial charge is 0.370 e. The summed E-state index contributed by atoms with van der Waals surface area (Å²) in [5.74, 6) is -1.04. The van der Waals surface area contributed by atoms with Crippen molar-refractivity contribution in [2.24, 2.45) is 11.3 Å². The molecule has 0 saturated carbocycles. The van der Waals surface area contributed by atoms with Crippen molar-refractivity contribution < 1.29 is 24.5 Å². The average Bonchev–Trinajstić information content (AvgIpc) is 2.52. The molecule has 1 aliphatic heterocycles. The van der Waals surface area contributed by atoms with Crippen LogP contribution in [0.5, 0.6) is 0 Å². The molecule has 23 heavy (non-hydrogen) atoms. The van der Waals surface area contributed by atoms with Crippen molar-refractivity contribution >= 4 is 5.97 Å². The summed E-state index contributed by atoms with van der Waals surface area (Å²) in [6.45, 7) is 6.56. The Bertz CT molecular complexity index is 568. The molecule has 2 atom stereocenters. The number of benzene rings is 1. The zero-order valence-corrected chi connectivity index (χ0v) is 13.8. The number of carboxylic acid groups (broad SMARTS) is 1. The molecule has 5 nitrogen and oxygen atoms in total. The molecule has 1 heterocycles. The highest BCUT2D eigenvalue weighted by atomic mass is 16.7. The molecule has 0 amide bonds. The summed E-state index contributed by atoms with van der Waals surface area (Å²) in [4.78, 5) is 11.2. The lowest BCUT2D eigenvalue weighted by Gasteiger charge is -2.35. The van der Waals surface area contributed by atoms with Crippen LogP contribution in [0.15, 0.2) is 36.1 Å². The minimum Gasteiger partial charge on any atom is -0.475 e. The molecule has 0 spiro atoms. The Kier molecular flexibility index (Phi) is 5.44. The fourth-order valence-electron chi connectivity index (χ4n) is 2.44. The van der Waals surface area contributed by atoms with E-state index in [-0.39, 0.29) is 23.7 Å². The maximum atomic E-state index is 11.2. The van der Waals surface area contributed by atoms with Gasteiger partial charge in [-0.3, -0.25) is 0 Å². The highest BCUT2D eigenvalue weighted by Gasteiger charge is 2.33. The zero-order valence-electron chi connectivity index (χ0n) is 13.8. The van der Waals surface area contributed by atoms with Crippen LogP contribution < -0.4 is 0 Å². The second-order valence-electron chi connectivity index (χ2n) is 6.88. The number of carboxylic acids is 1. The lowest BCUT2D eigenvalue weighted by Crippen LogP contribution is -2.33. The number of allylic oxidation sites excluding steroid dienone is 1. The summed E-state index contributed by atoms with van der Waals surface area (Å²) in [5.41, 5.74) is 1.73. The van der Waals surface area contributed by atoms with Crippen molar-refractivity contribution in [2.75, 3.05) is 0 Å². The molecule has 1 aliphatic rings. The van der Waals surface area contributed by atoms with Crippen molar-refractivity contribution in [3.8, 4) is 0 Å². The van der Waals surface area contributed by atoms with E-state index >= 15 is 0 Å². The zero-order chi connectivity index (χ0) is 17.0. The first kappa shape index (κ1) is 17.5. The summed E-state index contributed by atoms with van der Waals surface area (Å²) in [6, 6.07) is 7.43. The molecule has 1 aromatic carbocycles. The van der Waals surface area contributed by atoms with E-state index in [1.165, 1.54) is 0 Å². The SMILES string of the molecule is CC(C)(C)[C@@H]1C=C(C(=O)O)O[C@H](OCc2ccc(CO)cc2)C1. The van der Waals surface area contributed by atoms with Gasteiger partial charge in [0.1, 0.15) is 0 Å². The quantitative estimate of drug-likeness (QED) is 0.872. The predicted octanol–water partition coefficient (Wildman–Crippen LogP) is 3.07. The number of carbonyl (C=O) groups is 1. The van der Waals surface area contributed by atoms with Crippen LogP contribution in [-0.2, 0) is 27.5 Å². The molecular formula is C18H24O5. The first-order valence-electron chi connectivity index (χ1n) is 7.71. The van der Waals surface area contributed by atoms with Crippen molar-refractivity contribution in [1.82, 2.24) is 0 Å². The van der Waals surface area contributed by atoms with Gasteiger partial charge in [0.05, 0.1) is 13.2 Å². The second-order valence-corrected chi connectivity index (χ2v) is 6.88. The van der Waals surface area contributed by atoms with E-state index in [0.717, 1.165) is 11.1 Å². The minimum absolute atomic E-state index is 0.00685. The molecule has 126 valence electrons. The van der Waals surface area contributed by atoms with Gasteiger partial charge in [-0.2, -0.15) is 0 Å². The van der Waals surface area contributed by atoms with Crippen LogP contribution in [0.4, 0.5) is 0 Å². The molecule has 0 aromatic heterocycles. The van der Waals surface area contributed by atoms with E-state index in [2.05, 4.69) is 20.8 Å². The number of aliphatic hydroxyl groups is 1. The van der Waals surface area contributed by atoms with Gasteiger partial charge in [-0.15, -0.1) is 0 Å². The van der Waals surface area contributed by atoms with Crippen LogP contribution in [0.1, 0.15) is 38.3 Å². The minimum atomic E-state index is -1.07.